The number of aryl methyl sites for hydroxylation is 1. The molecule has 0 aliphatic carbocycles. The molecule has 0 spiro atoms. The number of primary amides is 1. The summed E-state index contributed by atoms with van der Waals surface area (Å²) in [5.74, 6) is 1.93. The van der Waals surface area contributed by atoms with E-state index < -0.39 is 0 Å². The molecule has 98 valence electrons. The standard InChI is InChI=1S/C12H19N5O/c1-8-15-10(14-2)7-11(16-8)17-6-4-3-5-9(17)12(13)18/h7,9H,3-6H2,1-2H3,(H2,13,18)(H,14,15,16). The minimum atomic E-state index is -0.281. The minimum absolute atomic E-state index is 0.252. The number of anilines is 2. The van der Waals surface area contributed by atoms with Crippen LogP contribution in [0.1, 0.15) is 25.1 Å². The quantitative estimate of drug-likeness (QED) is 0.822. The summed E-state index contributed by atoms with van der Waals surface area (Å²) in [5.41, 5.74) is 5.46. The first-order valence-corrected chi connectivity index (χ1v) is 6.21. The lowest BCUT2D eigenvalue weighted by atomic mass is 10.0. The summed E-state index contributed by atoms with van der Waals surface area (Å²) in [6.07, 6.45) is 2.89. The van der Waals surface area contributed by atoms with Crippen molar-refractivity contribution in [3.8, 4) is 0 Å². The van der Waals surface area contributed by atoms with Gasteiger partial charge in [-0.3, -0.25) is 4.79 Å². The van der Waals surface area contributed by atoms with Gasteiger partial charge in [0.15, 0.2) is 0 Å². The number of hydrogen-bond donors (Lipinski definition) is 2. The molecule has 1 aliphatic rings. The smallest absolute Gasteiger partial charge is 0.240 e. The van der Waals surface area contributed by atoms with Gasteiger partial charge in [-0.1, -0.05) is 0 Å². The normalized spacial score (nSPS) is 19.7. The summed E-state index contributed by atoms with van der Waals surface area (Å²) in [6.45, 7) is 2.65. The van der Waals surface area contributed by atoms with Crippen molar-refractivity contribution in [2.45, 2.75) is 32.2 Å². The van der Waals surface area contributed by atoms with E-state index >= 15 is 0 Å². The van der Waals surface area contributed by atoms with Crippen LogP contribution in [0.4, 0.5) is 11.6 Å². The Morgan fingerprint density at radius 1 is 1.50 bits per heavy atom. The Balaban J connectivity index is 2.33. The third-order valence-corrected chi connectivity index (χ3v) is 3.21. The fourth-order valence-corrected chi connectivity index (χ4v) is 2.33. The van der Waals surface area contributed by atoms with E-state index in [1.165, 1.54) is 0 Å². The van der Waals surface area contributed by atoms with Crippen LogP contribution in [0, 0.1) is 6.92 Å². The molecule has 6 nitrogen and oxygen atoms in total. The van der Waals surface area contributed by atoms with Crippen molar-refractivity contribution in [2.24, 2.45) is 5.73 Å². The Hall–Kier alpha value is -1.85. The molecule has 0 aromatic carbocycles. The molecule has 0 radical (unpaired) electrons. The van der Waals surface area contributed by atoms with Gasteiger partial charge in [0.1, 0.15) is 23.5 Å². The highest BCUT2D eigenvalue weighted by Gasteiger charge is 2.28. The lowest BCUT2D eigenvalue weighted by Gasteiger charge is -2.34. The molecule has 1 saturated heterocycles. The molecule has 3 N–H and O–H groups in total. The van der Waals surface area contributed by atoms with Crippen LogP contribution in [0.15, 0.2) is 6.07 Å². The molecule has 0 bridgehead atoms. The molecule has 2 rings (SSSR count). The third kappa shape index (κ3) is 2.52. The minimum Gasteiger partial charge on any atom is -0.373 e. The van der Waals surface area contributed by atoms with E-state index in [0.29, 0.717) is 5.82 Å². The van der Waals surface area contributed by atoms with Gasteiger partial charge in [0, 0.05) is 19.7 Å². The number of amides is 1. The number of carbonyl (C=O) groups excluding carboxylic acids is 1. The average molecular weight is 249 g/mol. The molecule has 2 heterocycles. The second-order valence-electron chi connectivity index (χ2n) is 4.52. The van der Waals surface area contributed by atoms with E-state index in [4.69, 9.17) is 5.73 Å². The molecule has 1 aliphatic heterocycles. The Morgan fingerprint density at radius 2 is 2.28 bits per heavy atom. The second-order valence-corrected chi connectivity index (χ2v) is 4.52. The number of rotatable bonds is 3. The molecule has 1 amide bonds. The van der Waals surface area contributed by atoms with Gasteiger partial charge >= 0.3 is 0 Å². The van der Waals surface area contributed by atoms with Crippen LogP contribution >= 0.6 is 0 Å². The number of nitrogens with two attached hydrogens (primary N) is 1. The van der Waals surface area contributed by atoms with Crippen molar-refractivity contribution in [3.63, 3.8) is 0 Å². The SMILES string of the molecule is CNc1cc(N2CCCCC2C(N)=O)nc(C)n1. The molecule has 18 heavy (non-hydrogen) atoms. The van der Waals surface area contributed by atoms with Gasteiger partial charge in [-0.2, -0.15) is 0 Å². The highest BCUT2D eigenvalue weighted by molar-refractivity contribution is 5.83. The number of nitrogens with zero attached hydrogens (tertiary/aromatic N) is 3. The van der Waals surface area contributed by atoms with Crippen LogP contribution in [-0.2, 0) is 4.79 Å². The van der Waals surface area contributed by atoms with Crippen molar-refractivity contribution in [1.29, 1.82) is 0 Å². The van der Waals surface area contributed by atoms with Crippen LogP contribution in [0.25, 0.3) is 0 Å². The van der Waals surface area contributed by atoms with Crippen molar-refractivity contribution in [2.75, 3.05) is 23.8 Å². The summed E-state index contributed by atoms with van der Waals surface area (Å²) < 4.78 is 0. The van der Waals surface area contributed by atoms with Crippen LogP contribution in [0.5, 0.6) is 0 Å². The summed E-state index contributed by atoms with van der Waals surface area (Å²) in [6, 6.07) is 1.60. The molecular weight excluding hydrogens is 230 g/mol. The molecule has 6 heteroatoms. The van der Waals surface area contributed by atoms with E-state index in [1.54, 1.807) is 0 Å². The maximum Gasteiger partial charge on any atom is 0.240 e. The van der Waals surface area contributed by atoms with Gasteiger partial charge in [-0.25, -0.2) is 9.97 Å². The van der Waals surface area contributed by atoms with Gasteiger partial charge in [0.2, 0.25) is 5.91 Å². The Kier molecular flexibility index (Phi) is 3.64. The Bertz CT molecular complexity index is 448. The number of carbonyl (C=O) groups is 1. The van der Waals surface area contributed by atoms with Gasteiger partial charge in [-0.15, -0.1) is 0 Å². The zero-order chi connectivity index (χ0) is 13.1. The van der Waals surface area contributed by atoms with Crippen molar-refractivity contribution in [1.82, 2.24) is 9.97 Å². The van der Waals surface area contributed by atoms with E-state index in [1.807, 2.05) is 24.9 Å². The fourth-order valence-electron chi connectivity index (χ4n) is 2.33. The molecule has 1 atom stereocenters. The van der Waals surface area contributed by atoms with E-state index in [2.05, 4.69) is 15.3 Å². The van der Waals surface area contributed by atoms with Crippen LogP contribution in [0.2, 0.25) is 0 Å². The first kappa shape index (κ1) is 12.6. The molecule has 1 aromatic rings. The zero-order valence-electron chi connectivity index (χ0n) is 10.8. The number of aromatic nitrogens is 2. The van der Waals surface area contributed by atoms with Crippen molar-refractivity contribution < 1.29 is 4.79 Å². The first-order valence-electron chi connectivity index (χ1n) is 6.21. The average Bonchev–Trinajstić information content (AvgIpc) is 2.38. The summed E-state index contributed by atoms with van der Waals surface area (Å²) >= 11 is 0. The lowest BCUT2D eigenvalue weighted by molar-refractivity contribution is -0.119. The molecule has 0 saturated carbocycles. The van der Waals surface area contributed by atoms with E-state index in [0.717, 1.165) is 37.4 Å². The predicted octanol–water partition coefficient (Wildman–Crippen LogP) is 0.671. The summed E-state index contributed by atoms with van der Waals surface area (Å²) in [4.78, 5) is 22.1. The summed E-state index contributed by atoms with van der Waals surface area (Å²) in [5, 5.41) is 3.00. The maximum atomic E-state index is 11.5. The fraction of sp³-hybridized carbons (Fsp3) is 0.583. The second kappa shape index (κ2) is 5.20. The molecule has 1 fully saturated rings. The predicted molar refractivity (Wildman–Crippen MR) is 70.5 cm³/mol. The monoisotopic (exact) mass is 249 g/mol. The summed E-state index contributed by atoms with van der Waals surface area (Å²) in [7, 11) is 1.81. The topological polar surface area (TPSA) is 84.1 Å². The van der Waals surface area contributed by atoms with Crippen LogP contribution in [-0.4, -0.2) is 35.5 Å². The largest absolute Gasteiger partial charge is 0.373 e. The number of nitrogens with one attached hydrogen (secondary N) is 1. The van der Waals surface area contributed by atoms with E-state index in [9.17, 15) is 4.79 Å². The highest BCUT2D eigenvalue weighted by atomic mass is 16.1. The van der Waals surface area contributed by atoms with Gasteiger partial charge in [0.05, 0.1) is 0 Å². The van der Waals surface area contributed by atoms with Gasteiger partial charge in [-0.05, 0) is 26.2 Å². The van der Waals surface area contributed by atoms with Crippen molar-refractivity contribution in [3.05, 3.63) is 11.9 Å². The third-order valence-electron chi connectivity index (χ3n) is 3.21. The molecular formula is C12H19N5O. The van der Waals surface area contributed by atoms with Crippen LogP contribution < -0.4 is 16.0 Å². The highest BCUT2D eigenvalue weighted by Crippen LogP contribution is 2.24. The van der Waals surface area contributed by atoms with Crippen molar-refractivity contribution >= 4 is 17.5 Å². The Labute approximate surface area is 107 Å². The number of hydrogen-bond acceptors (Lipinski definition) is 5. The van der Waals surface area contributed by atoms with Gasteiger partial charge < -0.3 is 16.0 Å². The Morgan fingerprint density at radius 3 is 2.94 bits per heavy atom. The maximum absolute atomic E-state index is 11.5. The molecule has 1 unspecified atom stereocenters. The van der Waals surface area contributed by atoms with E-state index in [-0.39, 0.29) is 11.9 Å². The molecule has 1 aromatic heterocycles. The van der Waals surface area contributed by atoms with Crippen LogP contribution in [0.3, 0.4) is 0 Å². The lowest BCUT2D eigenvalue weighted by Crippen LogP contribution is -2.48. The number of piperidine rings is 1. The van der Waals surface area contributed by atoms with Gasteiger partial charge in [0.25, 0.3) is 0 Å². The zero-order valence-corrected chi connectivity index (χ0v) is 10.8. The first-order chi connectivity index (χ1) is 8.61.